The van der Waals surface area contributed by atoms with Gasteiger partial charge in [0.2, 0.25) is 0 Å². The molecule has 1 aromatic rings. The third-order valence-electron chi connectivity index (χ3n) is 3.02. The Hall–Kier alpha value is -1.05. The van der Waals surface area contributed by atoms with Crippen molar-refractivity contribution in [3.63, 3.8) is 0 Å². The molecule has 21 heavy (non-hydrogen) atoms. The van der Waals surface area contributed by atoms with E-state index in [2.05, 4.69) is 0 Å². The van der Waals surface area contributed by atoms with Crippen molar-refractivity contribution in [1.29, 1.82) is 0 Å². The van der Waals surface area contributed by atoms with E-state index in [0.29, 0.717) is 6.61 Å². The van der Waals surface area contributed by atoms with Gasteiger partial charge in [-0.15, -0.1) is 0 Å². The average molecular weight is 336 g/mol. The molecular weight excluding hydrogens is 318 g/mol. The van der Waals surface area contributed by atoms with E-state index >= 15 is 0 Å². The van der Waals surface area contributed by atoms with Crippen molar-refractivity contribution in [2.24, 2.45) is 0 Å². The largest absolute Gasteiger partial charge is 0.459 e. The summed E-state index contributed by atoms with van der Waals surface area (Å²) < 4.78 is 34.8. The van der Waals surface area contributed by atoms with Crippen LogP contribution in [0.5, 0.6) is 0 Å². The number of carbonyl (C=O) groups is 1. The molecule has 6 nitrogen and oxygen atoms in total. The molecule has 0 amide bonds. The van der Waals surface area contributed by atoms with Gasteiger partial charge < -0.3 is 14.0 Å². The first-order valence-electron chi connectivity index (χ1n) is 6.74. The van der Waals surface area contributed by atoms with E-state index in [9.17, 15) is 13.2 Å². The SMILES string of the molecule is CC(C)OCCOC(=O)c1cc(S(=O)(=O)Cl)cn1C1CC1. The van der Waals surface area contributed by atoms with E-state index in [1.165, 1.54) is 12.3 Å². The van der Waals surface area contributed by atoms with E-state index in [0.717, 1.165) is 12.8 Å². The minimum Gasteiger partial charge on any atom is -0.459 e. The Morgan fingerprint density at radius 2 is 2.10 bits per heavy atom. The summed E-state index contributed by atoms with van der Waals surface area (Å²) in [6, 6.07) is 1.40. The predicted octanol–water partition coefficient (Wildman–Crippen LogP) is 2.33. The Balaban J connectivity index is 2.07. The van der Waals surface area contributed by atoms with Gasteiger partial charge >= 0.3 is 5.97 Å². The normalized spacial score (nSPS) is 15.4. The predicted molar refractivity (Wildman–Crippen MR) is 77.1 cm³/mol. The van der Waals surface area contributed by atoms with Crippen molar-refractivity contribution in [3.05, 3.63) is 18.0 Å². The van der Waals surface area contributed by atoms with Crippen LogP contribution < -0.4 is 0 Å². The second kappa shape index (κ2) is 6.37. The molecule has 0 spiro atoms. The second-order valence-electron chi connectivity index (χ2n) is 5.19. The lowest BCUT2D eigenvalue weighted by atomic mass is 10.4. The van der Waals surface area contributed by atoms with Crippen LogP contribution in [0.2, 0.25) is 0 Å². The number of ether oxygens (including phenoxy) is 2. The molecule has 0 aromatic carbocycles. The minimum atomic E-state index is -3.86. The van der Waals surface area contributed by atoms with Gasteiger partial charge in [0.25, 0.3) is 9.05 Å². The van der Waals surface area contributed by atoms with E-state index in [1.54, 1.807) is 4.57 Å². The summed E-state index contributed by atoms with van der Waals surface area (Å²) in [5.41, 5.74) is 0.210. The first kappa shape index (κ1) is 16.3. The van der Waals surface area contributed by atoms with Crippen LogP contribution in [0.1, 0.15) is 43.2 Å². The molecule has 1 aromatic heterocycles. The summed E-state index contributed by atoms with van der Waals surface area (Å²) >= 11 is 0. The summed E-state index contributed by atoms with van der Waals surface area (Å²) in [6.45, 7) is 4.19. The highest BCUT2D eigenvalue weighted by molar-refractivity contribution is 8.13. The summed E-state index contributed by atoms with van der Waals surface area (Å²) in [5.74, 6) is -0.569. The first-order chi connectivity index (χ1) is 9.79. The molecule has 1 aliphatic rings. The lowest BCUT2D eigenvalue weighted by Crippen LogP contribution is -2.16. The van der Waals surface area contributed by atoms with Crippen LogP contribution >= 0.6 is 10.7 Å². The van der Waals surface area contributed by atoms with Crippen LogP contribution in [0, 0.1) is 0 Å². The number of rotatable bonds is 7. The number of hydrogen-bond acceptors (Lipinski definition) is 5. The smallest absolute Gasteiger partial charge is 0.355 e. The van der Waals surface area contributed by atoms with E-state index < -0.39 is 15.0 Å². The Labute approximate surface area is 128 Å². The van der Waals surface area contributed by atoms with E-state index in [4.69, 9.17) is 20.2 Å². The minimum absolute atomic E-state index is 0.0621. The number of esters is 1. The van der Waals surface area contributed by atoms with Crippen LogP contribution in [-0.2, 0) is 18.5 Å². The van der Waals surface area contributed by atoms with Crippen molar-refractivity contribution >= 4 is 25.7 Å². The lowest BCUT2D eigenvalue weighted by Gasteiger charge is -2.09. The maximum absolute atomic E-state index is 12.0. The van der Waals surface area contributed by atoms with Gasteiger partial charge in [-0.25, -0.2) is 13.2 Å². The van der Waals surface area contributed by atoms with Gasteiger partial charge in [0.05, 0.1) is 12.7 Å². The highest BCUT2D eigenvalue weighted by atomic mass is 35.7. The van der Waals surface area contributed by atoms with E-state index in [-0.39, 0.29) is 29.3 Å². The van der Waals surface area contributed by atoms with E-state index in [1.807, 2.05) is 13.8 Å². The number of aromatic nitrogens is 1. The second-order valence-corrected chi connectivity index (χ2v) is 7.76. The fourth-order valence-electron chi connectivity index (χ4n) is 1.90. The molecular formula is C13H18ClNO5S. The first-order valence-corrected chi connectivity index (χ1v) is 9.05. The van der Waals surface area contributed by atoms with Crippen molar-refractivity contribution < 1.29 is 22.7 Å². The number of halogens is 1. The zero-order valence-corrected chi connectivity index (χ0v) is 13.5. The number of carbonyl (C=O) groups excluding carboxylic acids is 1. The Morgan fingerprint density at radius 1 is 1.43 bits per heavy atom. The molecule has 1 saturated carbocycles. The zero-order chi connectivity index (χ0) is 15.6. The maximum Gasteiger partial charge on any atom is 0.355 e. The van der Waals surface area contributed by atoms with Crippen molar-refractivity contribution in [2.45, 2.75) is 43.7 Å². The van der Waals surface area contributed by atoms with Crippen LogP contribution in [0.3, 0.4) is 0 Å². The highest BCUT2D eigenvalue weighted by Gasteiger charge is 2.30. The fourth-order valence-corrected chi connectivity index (χ4v) is 2.64. The molecule has 0 aliphatic heterocycles. The molecule has 0 saturated heterocycles. The van der Waals surface area contributed by atoms with Gasteiger partial charge in [-0.3, -0.25) is 0 Å². The van der Waals surface area contributed by atoms with Crippen LogP contribution in [0.15, 0.2) is 17.2 Å². The van der Waals surface area contributed by atoms with Gasteiger partial charge in [0.1, 0.15) is 17.2 Å². The van der Waals surface area contributed by atoms with Crippen molar-refractivity contribution in [2.75, 3.05) is 13.2 Å². The number of hydrogen-bond donors (Lipinski definition) is 0. The third kappa shape index (κ3) is 4.46. The molecule has 0 bridgehead atoms. The Bertz CT molecular complexity index is 619. The van der Waals surface area contributed by atoms with Gasteiger partial charge in [-0.1, -0.05) is 0 Å². The third-order valence-corrected chi connectivity index (χ3v) is 4.34. The number of nitrogens with zero attached hydrogens (tertiary/aromatic N) is 1. The molecule has 118 valence electrons. The molecule has 0 atom stereocenters. The molecule has 2 rings (SSSR count). The maximum atomic E-state index is 12.0. The topological polar surface area (TPSA) is 74.6 Å². The van der Waals surface area contributed by atoms with Crippen molar-refractivity contribution in [3.8, 4) is 0 Å². The van der Waals surface area contributed by atoms with Crippen molar-refractivity contribution in [1.82, 2.24) is 4.57 Å². The summed E-state index contributed by atoms with van der Waals surface area (Å²) in [7, 11) is 1.46. The molecule has 1 heterocycles. The molecule has 0 unspecified atom stereocenters. The molecule has 1 aliphatic carbocycles. The summed E-state index contributed by atoms with van der Waals surface area (Å²) in [4.78, 5) is 12.0. The quantitative estimate of drug-likeness (QED) is 0.434. The molecule has 0 radical (unpaired) electrons. The van der Waals surface area contributed by atoms with Gasteiger partial charge in [-0.2, -0.15) is 0 Å². The zero-order valence-electron chi connectivity index (χ0n) is 11.9. The summed E-state index contributed by atoms with van der Waals surface area (Å²) in [6.07, 6.45) is 3.27. The Kier molecular flexibility index (Phi) is 4.95. The van der Waals surface area contributed by atoms with Gasteiger partial charge in [0.15, 0.2) is 0 Å². The van der Waals surface area contributed by atoms with Crippen LogP contribution in [-0.4, -0.2) is 38.3 Å². The molecule has 0 N–H and O–H groups in total. The fraction of sp³-hybridized carbons (Fsp3) is 0.615. The average Bonchev–Trinajstić information content (AvgIpc) is 3.11. The Morgan fingerprint density at radius 3 is 2.62 bits per heavy atom. The lowest BCUT2D eigenvalue weighted by molar-refractivity contribution is 0.0169. The van der Waals surface area contributed by atoms with Gasteiger partial charge in [0, 0.05) is 22.9 Å². The molecule has 8 heteroatoms. The highest BCUT2D eigenvalue weighted by Crippen LogP contribution is 2.37. The molecule has 1 fully saturated rings. The van der Waals surface area contributed by atoms with Gasteiger partial charge in [-0.05, 0) is 32.8 Å². The van der Waals surface area contributed by atoms with Crippen LogP contribution in [0.4, 0.5) is 0 Å². The van der Waals surface area contributed by atoms with Crippen LogP contribution in [0.25, 0.3) is 0 Å². The monoisotopic (exact) mass is 335 g/mol. The standard InChI is InChI=1S/C13H18ClNO5S/c1-9(2)19-5-6-20-13(16)12-7-11(21(14,17)18)8-15(12)10-3-4-10/h7-10H,3-6H2,1-2H3. The summed E-state index contributed by atoms with van der Waals surface area (Å²) in [5, 5.41) is 0.